The number of rotatable bonds is 4. The van der Waals surface area contributed by atoms with E-state index in [0.717, 1.165) is 35.5 Å². The quantitative estimate of drug-likeness (QED) is 0.163. The third-order valence-corrected chi connectivity index (χ3v) is 18.2. The molecule has 0 N–H and O–H groups in total. The highest BCUT2D eigenvalue weighted by molar-refractivity contribution is 8.26. The van der Waals surface area contributed by atoms with E-state index in [1.807, 2.05) is 52.8 Å². The number of thiocarbonyl (C=S) groups is 1. The summed E-state index contributed by atoms with van der Waals surface area (Å²) in [4.78, 5) is 34.6. The molecule has 2 amide bonds. The third kappa shape index (κ3) is 4.48. The Hall–Kier alpha value is -1.34. The largest absolute Gasteiger partial charge is 0.317 e. The molecule has 0 bridgehead atoms. The van der Waals surface area contributed by atoms with Gasteiger partial charge in [0.2, 0.25) is 0 Å². The first kappa shape index (κ1) is 31.6. The summed E-state index contributed by atoms with van der Waals surface area (Å²) >= 11 is 19.3. The van der Waals surface area contributed by atoms with Gasteiger partial charge in [0.25, 0.3) is 11.8 Å². The molecule has 4 aliphatic carbocycles. The van der Waals surface area contributed by atoms with Crippen LogP contribution in [-0.4, -0.2) is 43.7 Å². The number of allylic oxidation sites excluding steroid dienone is 4. The van der Waals surface area contributed by atoms with E-state index in [4.69, 9.17) is 24.8 Å². The Kier molecular flexibility index (Phi) is 7.81. The number of nitrogens with zero attached hydrogens (tertiary/aromatic N) is 2. The number of carbonyl (C=O) groups is 2. The second-order valence-electron chi connectivity index (χ2n) is 13.6. The van der Waals surface area contributed by atoms with E-state index in [0.29, 0.717) is 17.4 Å². The van der Waals surface area contributed by atoms with Crippen LogP contribution in [0.15, 0.2) is 33.1 Å². The van der Waals surface area contributed by atoms with Crippen LogP contribution in [0.25, 0.3) is 31.0 Å². The molecule has 2 saturated carbocycles. The van der Waals surface area contributed by atoms with Gasteiger partial charge in [0, 0.05) is 33.7 Å². The first-order valence-electron chi connectivity index (χ1n) is 16.9. The van der Waals surface area contributed by atoms with Crippen LogP contribution in [-0.2, 0) is 20.4 Å². The topological polar surface area (TPSA) is 40.6 Å². The Morgan fingerprint density at radius 1 is 0.766 bits per heavy atom. The molecular formula is C36H36N2O2S7. The van der Waals surface area contributed by atoms with E-state index in [2.05, 4.69) is 24.3 Å². The molecule has 2 spiro atoms. The highest BCUT2D eigenvalue weighted by Crippen LogP contribution is 2.64. The summed E-state index contributed by atoms with van der Waals surface area (Å²) in [5, 5.41) is 0. The Morgan fingerprint density at radius 2 is 1.30 bits per heavy atom. The molecule has 47 heavy (non-hydrogen) atoms. The van der Waals surface area contributed by atoms with Crippen molar-refractivity contribution in [2.45, 2.75) is 93.6 Å². The van der Waals surface area contributed by atoms with Crippen molar-refractivity contribution in [3.05, 3.63) is 54.0 Å². The van der Waals surface area contributed by atoms with Crippen LogP contribution in [0.1, 0.15) is 98.9 Å². The van der Waals surface area contributed by atoms with Crippen LogP contribution in [0.2, 0.25) is 0 Å². The summed E-state index contributed by atoms with van der Waals surface area (Å²) in [6.07, 6.45) is 21.3. The van der Waals surface area contributed by atoms with Gasteiger partial charge in [-0.1, -0.05) is 74.3 Å². The second kappa shape index (κ2) is 11.6. The molecule has 6 aliphatic rings. The molecule has 4 fully saturated rings. The van der Waals surface area contributed by atoms with E-state index in [-0.39, 0.29) is 27.4 Å². The van der Waals surface area contributed by atoms with Gasteiger partial charge in [0.15, 0.2) is 0 Å². The first-order chi connectivity index (χ1) is 22.8. The van der Waals surface area contributed by atoms with Crippen molar-refractivity contribution in [3.8, 4) is 0 Å². The number of thiophene rings is 3. The fourth-order valence-electron chi connectivity index (χ4n) is 9.09. The highest BCUT2D eigenvalue weighted by Gasteiger charge is 2.48. The number of thioether (sulfide) groups is 2. The maximum absolute atomic E-state index is 13.3. The summed E-state index contributed by atoms with van der Waals surface area (Å²) < 4.78 is 6.46. The molecule has 9 rings (SSSR count). The number of likely N-dealkylation sites (N-methyl/N-ethyl adjacent to an activating group) is 2. The molecule has 244 valence electrons. The van der Waals surface area contributed by atoms with Crippen molar-refractivity contribution in [1.82, 2.24) is 9.80 Å². The first-order valence-corrected chi connectivity index (χ1v) is 22.0. The average molecular weight is 753 g/mol. The maximum Gasteiger partial charge on any atom is 0.266 e. The minimum atomic E-state index is -0.108. The predicted molar refractivity (Wildman–Crippen MR) is 212 cm³/mol. The molecule has 2 aliphatic heterocycles. The molecule has 0 radical (unpaired) electrons. The van der Waals surface area contributed by atoms with Gasteiger partial charge in [-0.3, -0.25) is 14.5 Å². The van der Waals surface area contributed by atoms with Gasteiger partial charge in [-0.2, -0.15) is 0 Å². The summed E-state index contributed by atoms with van der Waals surface area (Å²) in [6.45, 7) is 5.33. The lowest BCUT2D eigenvalue weighted by Crippen LogP contribution is -2.30. The standard InChI is InChI=1S/C36H36N2O2S7/c1-3-37-31(39)23(45-33(37)41)17-19-15-21-25(35(19)11-7-5-8-12-35)27-29(43-21)30-28(47-27)26-22(44-30)16-20(36(26)13-9-6-10-14-36)18-24-32(40)38(4-2)34(42)46-24/h15-18,33,41H,3-14H2,1-2H3/b23-17-,24-18-. The van der Waals surface area contributed by atoms with E-state index in [1.165, 1.54) is 95.6 Å². The number of hydrogen-bond acceptors (Lipinski definition) is 9. The fourth-order valence-corrected chi connectivity index (χ4v) is 16.9. The molecule has 0 aromatic carbocycles. The van der Waals surface area contributed by atoms with Crippen LogP contribution in [0, 0.1) is 0 Å². The van der Waals surface area contributed by atoms with Gasteiger partial charge < -0.3 is 4.90 Å². The summed E-state index contributed by atoms with van der Waals surface area (Å²) in [6, 6.07) is 0. The van der Waals surface area contributed by atoms with Crippen molar-refractivity contribution in [3.63, 3.8) is 0 Å². The minimum absolute atomic E-state index is 0.0124. The number of fused-ring (bicyclic) bond motifs is 9. The lowest BCUT2D eigenvalue weighted by atomic mass is 9.67. The number of carbonyl (C=O) groups excluding carboxylic acids is 2. The molecule has 3 aromatic heterocycles. The number of thiol groups is 1. The smallest absolute Gasteiger partial charge is 0.266 e. The van der Waals surface area contributed by atoms with Crippen LogP contribution < -0.4 is 0 Å². The maximum atomic E-state index is 13.3. The summed E-state index contributed by atoms with van der Waals surface area (Å²) in [5.74, 6) is 0.179. The molecule has 2 saturated heterocycles. The molecule has 1 unspecified atom stereocenters. The average Bonchev–Trinajstić information content (AvgIpc) is 3.89. The van der Waals surface area contributed by atoms with Gasteiger partial charge >= 0.3 is 0 Å². The van der Waals surface area contributed by atoms with Gasteiger partial charge in [-0.05, 0) is 86.1 Å². The molecule has 4 nitrogen and oxygen atoms in total. The van der Waals surface area contributed by atoms with Crippen LogP contribution in [0.4, 0.5) is 0 Å². The van der Waals surface area contributed by atoms with E-state index in [1.54, 1.807) is 22.2 Å². The van der Waals surface area contributed by atoms with E-state index >= 15 is 0 Å². The normalized spacial score (nSPS) is 26.7. The molecule has 5 heterocycles. The minimum Gasteiger partial charge on any atom is -0.317 e. The van der Waals surface area contributed by atoms with E-state index in [9.17, 15) is 9.59 Å². The summed E-state index contributed by atoms with van der Waals surface area (Å²) in [5.41, 5.74) is 5.71. The zero-order valence-corrected chi connectivity index (χ0v) is 32.3. The van der Waals surface area contributed by atoms with E-state index < -0.39 is 0 Å². The van der Waals surface area contributed by atoms with Gasteiger partial charge in [0.05, 0.1) is 28.6 Å². The number of hydrogen-bond donors (Lipinski definition) is 1. The Labute approximate surface area is 307 Å². The van der Waals surface area contributed by atoms with Crippen molar-refractivity contribution in [2.24, 2.45) is 0 Å². The Balaban J connectivity index is 1.17. The van der Waals surface area contributed by atoms with Crippen molar-refractivity contribution >= 4 is 129 Å². The molecule has 3 aromatic rings. The van der Waals surface area contributed by atoms with Gasteiger partial charge in [-0.15, -0.1) is 46.6 Å². The molecule has 1 atom stereocenters. The second-order valence-corrected chi connectivity index (χ2v) is 20.3. The van der Waals surface area contributed by atoms with Crippen molar-refractivity contribution in [2.75, 3.05) is 13.1 Å². The van der Waals surface area contributed by atoms with Gasteiger partial charge in [-0.25, -0.2) is 0 Å². The lowest BCUT2D eigenvalue weighted by Gasteiger charge is -2.37. The summed E-state index contributed by atoms with van der Waals surface area (Å²) in [7, 11) is 0. The zero-order chi connectivity index (χ0) is 32.2. The van der Waals surface area contributed by atoms with Crippen LogP contribution >= 0.6 is 82.4 Å². The van der Waals surface area contributed by atoms with Crippen molar-refractivity contribution in [1.29, 1.82) is 0 Å². The molecule has 11 heteroatoms. The number of amides is 2. The Morgan fingerprint density at radius 3 is 1.77 bits per heavy atom. The van der Waals surface area contributed by atoms with Crippen molar-refractivity contribution < 1.29 is 9.59 Å². The lowest BCUT2D eigenvalue weighted by molar-refractivity contribution is -0.125. The van der Waals surface area contributed by atoms with Crippen LogP contribution in [0.5, 0.6) is 0 Å². The Bertz CT molecular complexity index is 2020. The van der Waals surface area contributed by atoms with Gasteiger partial charge in [0.1, 0.15) is 9.03 Å². The van der Waals surface area contributed by atoms with Crippen LogP contribution in [0.3, 0.4) is 0 Å². The third-order valence-electron chi connectivity index (χ3n) is 11.3. The SMILES string of the molecule is CCN1C(=O)/C(=C/C2=Cc3sc4c(sc5c6c(sc54)C=C(/C=C4\SC(S)N(CC)C4=O)C64CCCCC4)c3C23CCCCC3)SC1=S. The zero-order valence-electron chi connectivity index (χ0n) is 26.5. The highest BCUT2D eigenvalue weighted by atomic mass is 32.2. The molecular weight excluding hydrogens is 717 g/mol. The fraction of sp³-hybridized carbons (Fsp3) is 0.472. The monoisotopic (exact) mass is 752 g/mol. The predicted octanol–water partition coefficient (Wildman–Crippen LogP) is 10.8.